The van der Waals surface area contributed by atoms with E-state index in [1.807, 2.05) is 71.6 Å². The van der Waals surface area contributed by atoms with Gasteiger partial charge >= 0.3 is 0 Å². The fourth-order valence-corrected chi connectivity index (χ4v) is 4.28. The molecule has 0 spiro atoms. The smallest absolute Gasteiger partial charge is 0.251 e. The Hall–Kier alpha value is -4.13. The second-order valence-corrected chi connectivity index (χ2v) is 8.43. The first-order valence-electron chi connectivity index (χ1n) is 11.6. The Morgan fingerprint density at radius 2 is 1.56 bits per heavy atom. The number of para-hydroxylation sites is 2. The van der Waals surface area contributed by atoms with Gasteiger partial charge in [0, 0.05) is 31.7 Å². The SMILES string of the molecule is O=C(NCC(=O)N1CCCN(c2nc3ccccc3[nH]2)CC1)c1ccc(-c2ccccc2)cc1. The maximum absolute atomic E-state index is 12.8. The molecule has 2 N–H and O–H groups in total. The van der Waals surface area contributed by atoms with Crippen molar-refractivity contribution >= 4 is 28.8 Å². The van der Waals surface area contributed by atoms with Crippen LogP contribution in [-0.2, 0) is 4.79 Å². The van der Waals surface area contributed by atoms with Gasteiger partial charge in [-0.3, -0.25) is 9.59 Å². The zero-order chi connectivity index (χ0) is 23.3. The molecule has 0 saturated carbocycles. The summed E-state index contributed by atoms with van der Waals surface area (Å²) in [6.45, 7) is 2.77. The van der Waals surface area contributed by atoms with Gasteiger partial charge in [-0.05, 0) is 41.8 Å². The molecule has 0 unspecified atom stereocenters. The van der Waals surface area contributed by atoms with Crippen LogP contribution in [0.25, 0.3) is 22.2 Å². The number of rotatable bonds is 5. The minimum Gasteiger partial charge on any atom is -0.343 e. The van der Waals surface area contributed by atoms with Crippen LogP contribution in [0, 0.1) is 0 Å². The maximum atomic E-state index is 12.8. The highest BCUT2D eigenvalue weighted by Gasteiger charge is 2.21. The van der Waals surface area contributed by atoms with Crippen molar-refractivity contribution in [3.8, 4) is 11.1 Å². The van der Waals surface area contributed by atoms with Gasteiger partial charge < -0.3 is 20.1 Å². The van der Waals surface area contributed by atoms with Crippen LogP contribution in [0.3, 0.4) is 0 Å². The molecular weight excluding hydrogens is 426 g/mol. The molecule has 1 fully saturated rings. The molecular formula is C27H27N5O2. The number of H-pyrrole nitrogens is 1. The number of carbonyl (C=O) groups excluding carboxylic acids is 2. The van der Waals surface area contributed by atoms with E-state index in [-0.39, 0.29) is 18.4 Å². The van der Waals surface area contributed by atoms with Gasteiger partial charge in [-0.1, -0.05) is 54.6 Å². The highest BCUT2D eigenvalue weighted by molar-refractivity contribution is 5.96. The largest absolute Gasteiger partial charge is 0.343 e. The number of anilines is 1. The van der Waals surface area contributed by atoms with Crippen LogP contribution in [0.2, 0.25) is 0 Å². The molecule has 5 rings (SSSR count). The molecule has 0 atom stereocenters. The quantitative estimate of drug-likeness (QED) is 0.483. The predicted molar refractivity (Wildman–Crippen MR) is 134 cm³/mol. The Morgan fingerprint density at radius 1 is 0.824 bits per heavy atom. The van der Waals surface area contributed by atoms with Gasteiger partial charge in [0.25, 0.3) is 5.91 Å². The molecule has 0 bridgehead atoms. The van der Waals surface area contributed by atoms with Gasteiger partial charge in [-0.15, -0.1) is 0 Å². The third kappa shape index (κ3) is 4.78. The summed E-state index contributed by atoms with van der Waals surface area (Å²) in [4.78, 5) is 37.4. The van der Waals surface area contributed by atoms with E-state index < -0.39 is 0 Å². The number of aromatic nitrogens is 2. The second kappa shape index (κ2) is 9.79. The van der Waals surface area contributed by atoms with E-state index in [9.17, 15) is 9.59 Å². The molecule has 1 aliphatic rings. The molecule has 7 nitrogen and oxygen atoms in total. The zero-order valence-electron chi connectivity index (χ0n) is 18.9. The van der Waals surface area contributed by atoms with Gasteiger partial charge in [0.1, 0.15) is 0 Å². The summed E-state index contributed by atoms with van der Waals surface area (Å²) >= 11 is 0. The van der Waals surface area contributed by atoms with Crippen LogP contribution in [0.5, 0.6) is 0 Å². The van der Waals surface area contributed by atoms with E-state index in [0.29, 0.717) is 25.2 Å². The van der Waals surface area contributed by atoms with Gasteiger partial charge in [0.05, 0.1) is 17.6 Å². The first-order chi connectivity index (χ1) is 16.7. The van der Waals surface area contributed by atoms with E-state index in [2.05, 4.69) is 20.2 Å². The number of imidazole rings is 1. The normalized spacial score (nSPS) is 14.1. The lowest BCUT2D eigenvalue weighted by Gasteiger charge is -2.22. The minimum absolute atomic E-state index is 0.0100. The molecule has 4 aromatic rings. The molecule has 34 heavy (non-hydrogen) atoms. The van der Waals surface area contributed by atoms with Gasteiger partial charge in [0.2, 0.25) is 11.9 Å². The number of nitrogens with zero attached hydrogens (tertiary/aromatic N) is 3. The van der Waals surface area contributed by atoms with Crippen LogP contribution in [-0.4, -0.2) is 59.4 Å². The number of amides is 2. The van der Waals surface area contributed by atoms with Gasteiger partial charge in [-0.2, -0.15) is 0 Å². The van der Waals surface area contributed by atoms with E-state index in [0.717, 1.165) is 41.1 Å². The zero-order valence-corrected chi connectivity index (χ0v) is 18.9. The molecule has 2 heterocycles. The van der Waals surface area contributed by atoms with E-state index in [1.54, 1.807) is 12.1 Å². The number of nitrogens with one attached hydrogen (secondary N) is 2. The molecule has 3 aromatic carbocycles. The molecule has 2 amide bonds. The third-order valence-corrected chi connectivity index (χ3v) is 6.18. The lowest BCUT2D eigenvalue weighted by molar-refractivity contribution is -0.129. The standard InChI is InChI=1S/C27H27N5O2/c33-25(19-28-26(34)22-13-11-21(12-14-22)20-7-2-1-3-8-20)31-15-6-16-32(18-17-31)27-29-23-9-4-5-10-24(23)30-27/h1-5,7-14H,6,15-19H2,(H,28,34)(H,29,30). The summed E-state index contributed by atoms with van der Waals surface area (Å²) in [5.41, 5.74) is 4.64. The number of hydrogen-bond acceptors (Lipinski definition) is 4. The van der Waals surface area contributed by atoms with Crippen molar-refractivity contribution in [3.63, 3.8) is 0 Å². The first-order valence-corrected chi connectivity index (χ1v) is 11.6. The lowest BCUT2D eigenvalue weighted by atomic mass is 10.0. The first kappa shape index (κ1) is 21.7. The Labute approximate surface area is 198 Å². The average Bonchev–Trinajstić information content (AvgIpc) is 3.17. The van der Waals surface area contributed by atoms with Gasteiger partial charge in [0.15, 0.2) is 0 Å². The van der Waals surface area contributed by atoms with E-state index >= 15 is 0 Å². The number of carbonyl (C=O) groups is 2. The van der Waals surface area contributed by atoms with Crippen molar-refractivity contribution in [2.24, 2.45) is 0 Å². The number of fused-ring (bicyclic) bond motifs is 1. The second-order valence-electron chi connectivity index (χ2n) is 8.43. The van der Waals surface area contributed by atoms with E-state index in [1.165, 1.54) is 0 Å². The van der Waals surface area contributed by atoms with Crippen molar-refractivity contribution in [1.29, 1.82) is 0 Å². The maximum Gasteiger partial charge on any atom is 0.251 e. The monoisotopic (exact) mass is 453 g/mol. The summed E-state index contributed by atoms with van der Waals surface area (Å²) in [6, 6.07) is 25.4. The Morgan fingerprint density at radius 3 is 2.35 bits per heavy atom. The molecule has 0 aliphatic carbocycles. The van der Waals surface area contributed by atoms with Crippen molar-refractivity contribution in [3.05, 3.63) is 84.4 Å². The number of aromatic amines is 1. The van der Waals surface area contributed by atoms with Gasteiger partial charge in [-0.25, -0.2) is 4.98 Å². The fourth-order valence-electron chi connectivity index (χ4n) is 4.28. The molecule has 1 saturated heterocycles. The number of benzene rings is 3. The summed E-state index contributed by atoms with van der Waals surface area (Å²) < 4.78 is 0. The molecule has 7 heteroatoms. The van der Waals surface area contributed by atoms with Crippen LogP contribution in [0.4, 0.5) is 5.95 Å². The van der Waals surface area contributed by atoms with Crippen LogP contribution in [0.1, 0.15) is 16.8 Å². The van der Waals surface area contributed by atoms with Crippen LogP contribution in [0.15, 0.2) is 78.9 Å². The van der Waals surface area contributed by atoms with Crippen molar-refractivity contribution in [1.82, 2.24) is 20.2 Å². The van der Waals surface area contributed by atoms with Crippen molar-refractivity contribution < 1.29 is 9.59 Å². The number of hydrogen-bond donors (Lipinski definition) is 2. The van der Waals surface area contributed by atoms with Crippen molar-refractivity contribution in [2.75, 3.05) is 37.6 Å². The summed E-state index contributed by atoms with van der Waals surface area (Å²) in [5.74, 6) is 0.523. The van der Waals surface area contributed by atoms with Crippen LogP contribution < -0.4 is 10.2 Å². The summed E-state index contributed by atoms with van der Waals surface area (Å²) in [7, 11) is 0. The molecule has 1 aliphatic heterocycles. The topological polar surface area (TPSA) is 81.3 Å². The molecule has 0 radical (unpaired) electrons. The fraction of sp³-hybridized carbons (Fsp3) is 0.222. The van der Waals surface area contributed by atoms with Crippen LogP contribution >= 0.6 is 0 Å². The molecule has 172 valence electrons. The summed E-state index contributed by atoms with van der Waals surface area (Å²) in [6.07, 6.45) is 0.845. The predicted octanol–water partition coefficient (Wildman–Crippen LogP) is 3.70. The average molecular weight is 454 g/mol. The minimum atomic E-state index is -0.244. The Kier molecular flexibility index (Phi) is 6.25. The van der Waals surface area contributed by atoms with Crippen molar-refractivity contribution in [2.45, 2.75) is 6.42 Å². The summed E-state index contributed by atoms with van der Waals surface area (Å²) in [5, 5.41) is 2.77. The third-order valence-electron chi connectivity index (χ3n) is 6.18. The Balaban J connectivity index is 1.14. The Bertz CT molecular complexity index is 1250. The highest BCUT2D eigenvalue weighted by Crippen LogP contribution is 2.20. The van der Waals surface area contributed by atoms with E-state index in [4.69, 9.17) is 0 Å². The molecule has 1 aromatic heterocycles. The highest BCUT2D eigenvalue weighted by atomic mass is 16.2. The lowest BCUT2D eigenvalue weighted by Crippen LogP contribution is -2.42.